The molecular weight excluding hydrogens is 357 g/mol. The first-order valence-electron chi connectivity index (χ1n) is 6.52. The summed E-state index contributed by atoms with van der Waals surface area (Å²) in [5.74, 6) is 0.375. The molecule has 0 aliphatic carbocycles. The molecule has 0 aliphatic rings. The van der Waals surface area contributed by atoms with E-state index < -0.39 is 5.97 Å². The number of rotatable bonds is 6. The van der Waals surface area contributed by atoms with Gasteiger partial charge < -0.3 is 9.47 Å². The van der Waals surface area contributed by atoms with Gasteiger partial charge in [-0.2, -0.15) is 0 Å². The average molecular weight is 377 g/mol. The van der Waals surface area contributed by atoms with Gasteiger partial charge in [0.1, 0.15) is 5.75 Å². The zero-order valence-corrected chi connectivity index (χ0v) is 14.0. The summed E-state index contributed by atoms with van der Waals surface area (Å²) in [6.45, 7) is 6.66. The lowest BCUT2D eigenvalue weighted by atomic mass is 10.0. The van der Waals surface area contributed by atoms with Crippen molar-refractivity contribution in [2.45, 2.75) is 40.0 Å². The van der Waals surface area contributed by atoms with Crippen LogP contribution in [0.1, 0.15) is 48.9 Å². The first-order valence-corrected chi connectivity index (χ1v) is 7.60. The maximum atomic E-state index is 11.8. The minimum atomic E-state index is -0.414. The molecule has 4 nitrogen and oxygen atoms in total. The lowest BCUT2D eigenvalue weighted by Crippen LogP contribution is -2.14. The third-order valence-electron chi connectivity index (χ3n) is 2.78. The van der Waals surface area contributed by atoms with Crippen LogP contribution in [0.3, 0.4) is 0 Å². The van der Waals surface area contributed by atoms with Crippen LogP contribution in [0, 0.1) is 3.57 Å². The van der Waals surface area contributed by atoms with Crippen LogP contribution < -0.4 is 4.74 Å². The average Bonchev–Trinajstić information content (AvgIpc) is 2.42. The Morgan fingerprint density at radius 3 is 2.47 bits per heavy atom. The van der Waals surface area contributed by atoms with Crippen molar-refractivity contribution in [3.63, 3.8) is 0 Å². The van der Waals surface area contributed by atoms with Crippen molar-refractivity contribution in [2.24, 2.45) is 0 Å². The van der Waals surface area contributed by atoms with E-state index in [9.17, 15) is 4.79 Å². The molecule has 0 spiro atoms. The Hall–Kier alpha value is -0.850. The van der Waals surface area contributed by atoms with Gasteiger partial charge in [0.05, 0.1) is 17.3 Å². The fraction of sp³-hybridized carbons (Fsp3) is 0.571. The van der Waals surface area contributed by atoms with E-state index in [0.717, 1.165) is 39.8 Å². The highest BCUT2D eigenvalue weighted by Crippen LogP contribution is 2.32. The first kappa shape index (κ1) is 16.2. The molecule has 0 aromatic carbocycles. The van der Waals surface area contributed by atoms with E-state index in [1.165, 1.54) is 7.11 Å². The highest BCUT2D eigenvalue weighted by molar-refractivity contribution is 14.1. The van der Waals surface area contributed by atoms with Crippen LogP contribution in [0.2, 0.25) is 0 Å². The van der Waals surface area contributed by atoms with Crippen LogP contribution in [0.25, 0.3) is 0 Å². The zero-order valence-electron chi connectivity index (χ0n) is 11.9. The van der Waals surface area contributed by atoms with Crippen LogP contribution in [-0.2, 0) is 17.6 Å². The number of aryl methyl sites for hydroxylation is 1. The summed E-state index contributed by atoms with van der Waals surface area (Å²) in [5.41, 5.74) is 2.39. The molecule has 0 saturated carbocycles. The molecule has 0 unspecified atom stereocenters. The fourth-order valence-electron chi connectivity index (χ4n) is 1.95. The molecular formula is C14H20INO3. The molecule has 5 heteroatoms. The number of halogens is 1. The summed E-state index contributed by atoms with van der Waals surface area (Å²) in [6, 6.07) is 0. The monoisotopic (exact) mass is 377 g/mol. The Kier molecular flexibility index (Phi) is 6.54. The quantitative estimate of drug-likeness (QED) is 0.563. The molecule has 0 aliphatic heterocycles. The number of esters is 1. The predicted octanol–water partition coefficient (Wildman–Crippen LogP) is 3.39. The number of methoxy groups -OCH3 is 1. The zero-order chi connectivity index (χ0) is 14.4. The van der Waals surface area contributed by atoms with Gasteiger partial charge in [0.2, 0.25) is 0 Å². The highest BCUT2D eigenvalue weighted by atomic mass is 127. The summed E-state index contributed by atoms with van der Waals surface area (Å²) in [5, 5.41) is 0. The van der Waals surface area contributed by atoms with Crippen molar-refractivity contribution >= 4 is 28.6 Å². The van der Waals surface area contributed by atoms with Crippen LogP contribution in [0.5, 0.6) is 5.75 Å². The molecule has 0 fully saturated rings. The highest BCUT2D eigenvalue weighted by Gasteiger charge is 2.22. The molecule has 1 rings (SSSR count). The van der Waals surface area contributed by atoms with Gasteiger partial charge in [0, 0.05) is 11.3 Å². The summed E-state index contributed by atoms with van der Waals surface area (Å²) < 4.78 is 11.3. The van der Waals surface area contributed by atoms with Gasteiger partial charge in [-0.25, -0.2) is 9.78 Å². The van der Waals surface area contributed by atoms with Gasteiger partial charge in [0.15, 0.2) is 5.69 Å². The third kappa shape index (κ3) is 3.58. The summed E-state index contributed by atoms with van der Waals surface area (Å²) in [7, 11) is 1.37. The van der Waals surface area contributed by atoms with Crippen molar-refractivity contribution in [1.29, 1.82) is 0 Å². The second-order valence-corrected chi connectivity index (χ2v) is 5.14. The smallest absolute Gasteiger partial charge is 0.357 e. The van der Waals surface area contributed by atoms with Gasteiger partial charge >= 0.3 is 5.97 Å². The standard InChI is InChI=1S/C14H20INO3/c1-5-8-9-10(6-2)16-12(14(17)18-4)11(15)13(9)19-7-3/h5-8H2,1-4H3. The molecule has 1 heterocycles. The van der Waals surface area contributed by atoms with Crippen LogP contribution in [0.15, 0.2) is 0 Å². The van der Waals surface area contributed by atoms with E-state index in [-0.39, 0.29) is 0 Å². The molecule has 1 aromatic heterocycles. The number of ether oxygens (including phenoxy) is 2. The molecule has 0 saturated heterocycles. The second-order valence-electron chi connectivity index (χ2n) is 4.06. The van der Waals surface area contributed by atoms with Gasteiger partial charge in [0.25, 0.3) is 0 Å². The van der Waals surface area contributed by atoms with E-state index in [1.54, 1.807) is 0 Å². The Morgan fingerprint density at radius 2 is 2.00 bits per heavy atom. The maximum Gasteiger partial charge on any atom is 0.357 e. The van der Waals surface area contributed by atoms with E-state index in [1.807, 2.05) is 13.8 Å². The molecule has 0 amide bonds. The molecule has 0 N–H and O–H groups in total. The molecule has 0 bridgehead atoms. The summed E-state index contributed by atoms with van der Waals surface area (Å²) >= 11 is 2.11. The van der Waals surface area contributed by atoms with E-state index in [2.05, 4.69) is 34.5 Å². The number of nitrogens with zero attached hydrogens (tertiary/aromatic N) is 1. The van der Waals surface area contributed by atoms with Crippen molar-refractivity contribution in [3.05, 3.63) is 20.5 Å². The van der Waals surface area contributed by atoms with E-state index >= 15 is 0 Å². The molecule has 0 atom stereocenters. The largest absolute Gasteiger partial charge is 0.492 e. The third-order valence-corrected chi connectivity index (χ3v) is 3.78. The minimum absolute atomic E-state index is 0.350. The number of hydrogen-bond acceptors (Lipinski definition) is 4. The number of pyridine rings is 1. The second kappa shape index (κ2) is 7.67. The van der Waals surface area contributed by atoms with Crippen molar-refractivity contribution in [2.75, 3.05) is 13.7 Å². The van der Waals surface area contributed by atoms with Crippen LogP contribution in [0.4, 0.5) is 0 Å². The normalized spacial score (nSPS) is 10.4. The number of hydrogen-bond donors (Lipinski definition) is 0. The van der Waals surface area contributed by atoms with Gasteiger partial charge in [-0.05, 0) is 42.4 Å². The summed E-state index contributed by atoms with van der Waals surface area (Å²) in [6.07, 6.45) is 2.70. The van der Waals surface area contributed by atoms with Crippen molar-refractivity contribution in [1.82, 2.24) is 4.98 Å². The maximum absolute atomic E-state index is 11.8. The van der Waals surface area contributed by atoms with E-state index in [4.69, 9.17) is 9.47 Å². The Morgan fingerprint density at radius 1 is 1.32 bits per heavy atom. The van der Waals surface area contributed by atoms with Crippen LogP contribution in [-0.4, -0.2) is 24.7 Å². The van der Waals surface area contributed by atoms with E-state index in [0.29, 0.717) is 12.3 Å². The summed E-state index contributed by atoms with van der Waals surface area (Å²) in [4.78, 5) is 16.2. The molecule has 1 aromatic rings. The number of carbonyl (C=O) groups excluding carboxylic acids is 1. The molecule has 106 valence electrons. The predicted molar refractivity (Wildman–Crippen MR) is 82.8 cm³/mol. The van der Waals surface area contributed by atoms with Crippen molar-refractivity contribution < 1.29 is 14.3 Å². The van der Waals surface area contributed by atoms with Crippen molar-refractivity contribution in [3.8, 4) is 5.75 Å². The molecule has 19 heavy (non-hydrogen) atoms. The lowest BCUT2D eigenvalue weighted by molar-refractivity contribution is 0.0591. The van der Waals surface area contributed by atoms with Gasteiger partial charge in [-0.1, -0.05) is 20.3 Å². The Balaban J connectivity index is 3.47. The lowest BCUT2D eigenvalue weighted by Gasteiger charge is -2.17. The Bertz CT molecular complexity index is 460. The minimum Gasteiger partial charge on any atom is -0.492 e. The molecule has 0 radical (unpaired) electrons. The SMILES string of the molecule is CCCc1c(CC)nc(C(=O)OC)c(I)c1OCC. The topological polar surface area (TPSA) is 48.4 Å². The fourth-order valence-corrected chi connectivity index (χ4v) is 2.77. The number of aromatic nitrogens is 1. The van der Waals surface area contributed by atoms with Gasteiger partial charge in [-0.3, -0.25) is 0 Å². The Labute approximate surface area is 128 Å². The van der Waals surface area contributed by atoms with Gasteiger partial charge in [-0.15, -0.1) is 0 Å². The first-order chi connectivity index (χ1) is 9.10. The van der Waals surface area contributed by atoms with Crippen LogP contribution >= 0.6 is 22.6 Å². The number of carbonyl (C=O) groups is 1.